The third-order valence-corrected chi connectivity index (χ3v) is 3.24. The van der Waals surface area contributed by atoms with Crippen molar-refractivity contribution in [2.24, 2.45) is 0 Å². The van der Waals surface area contributed by atoms with Gasteiger partial charge in [-0.2, -0.15) is 0 Å². The molecular formula is C16H18F2N4O2. The van der Waals surface area contributed by atoms with Gasteiger partial charge < -0.3 is 20.6 Å². The van der Waals surface area contributed by atoms with Crippen LogP contribution >= 0.6 is 0 Å². The molecule has 2 rings (SSSR count). The number of anilines is 2. The van der Waals surface area contributed by atoms with Gasteiger partial charge in [0.15, 0.2) is 0 Å². The van der Waals surface area contributed by atoms with Gasteiger partial charge in [0.2, 0.25) is 0 Å². The first-order valence-corrected chi connectivity index (χ1v) is 7.18. The van der Waals surface area contributed by atoms with Crippen molar-refractivity contribution in [2.75, 3.05) is 30.9 Å². The fourth-order valence-electron chi connectivity index (χ4n) is 1.97. The molecule has 0 unspecified atom stereocenters. The van der Waals surface area contributed by atoms with E-state index in [1.54, 1.807) is 12.1 Å². The number of nitrogens with one attached hydrogen (secondary N) is 2. The van der Waals surface area contributed by atoms with Crippen LogP contribution in [0.2, 0.25) is 0 Å². The van der Waals surface area contributed by atoms with Crippen LogP contribution in [0.3, 0.4) is 0 Å². The highest BCUT2D eigenvalue weighted by molar-refractivity contribution is 5.89. The third kappa shape index (κ3) is 4.63. The topological polar surface area (TPSA) is 77.5 Å². The minimum atomic E-state index is -1.29. The minimum Gasteiger partial charge on any atom is -0.386 e. The molecule has 0 radical (unpaired) electrons. The van der Waals surface area contributed by atoms with Crippen molar-refractivity contribution in [2.45, 2.75) is 6.10 Å². The molecule has 1 aromatic heterocycles. The molecule has 1 atom stereocenters. The molecule has 0 aliphatic carbocycles. The predicted molar refractivity (Wildman–Crippen MR) is 86.9 cm³/mol. The molecule has 2 amide bonds. The Balaban J connectivity index is 1.88. The molecule has 2 aromatic rings. The Morgan fingerprint density at radius 1 is 1.29 bits per heavy atom. The van der Waals surface area contributed by atoms with Gasteiger partial charge in [-0.1, -0.05) is 6.07 Å². The second-order valence-corrected chi connectivity index (χ2v) is 5.32. The summed E-state index contributed by atoms with van der Waals surface area (Å²) < 4.78 is 26.4. The Kier molecular flexibility index (Phi) is 5.64. The number of pyridine rings is 1. The number of aliphatic hydroxyl groups excluding tert-OH is 1. The maximum atomic E-state index is 13.5. The fraction of sp³-hybridized carbons (Fsp3) is 0.250. The summed E-state index contributed by atoms with van der Waals surface area (Å²) in [5.74, 6) is -0.862. The van der Waals surface area contributed by atoms with Gasteiger partial charge in [-0.3, -0.25) is 0 Å². The summed E-state index contributed by atoms with van der Waals surface area (Å²) in [5.41, 5.74) is 0.384. The minimum absolute atomic E-state index is 0.0892. The summed E-state index contributed by atoms with van der Waals surface area (Å²) in [6, 6.07) is 5.70. The molecule has 0 saturated heterocycles. The first-order chi connectivity index (χ1) is 11.4. The van der Waals surface area contributed by atoms with Crippen LogP contribution in [0, 0.1) is 11.6 Å². The molecule has 1 heterocycles. The first kappa shape index (κ1) is 17.6. The molecule has 6 nitrogen and oxygen atoms in total. The Labute approximate surface area is 138 Å². The summed E-state index contributed by atoms with van der Waals surface area (Å²) in [6.45, 7) is -0.225. The lowest BCUT2D eigenvalue weighted by Gasteiger charge is -2.14. The van der Waals surface area contributed by atoms with Gasteiger partial charge in [-0.25, -0.2) is 18.6 Å². The van der Waals surface area contributed by atoms with Gasteiger partial charge in [-0.15, -0.1) is 0 Å². The van der Waals surface area contributed by atoms with Gasteiger partial charge in [-0.05, 0) is 18.2 Å². The van der Waals surface area contributed by atoms with Crippen molar-refractivity contribution >= 4 is 17.5 Å². The fourth-order valence-corrected chi connectivity index (χ4v) is 1.97. The van der Waals surface area contributed by atoms with E-state index in [1.807, 2.05) is 19.0 Å². The largest absolute Gasteiger partial charge is 0.386 e. The summed E-state index contributed by atoms with van der Waals surface area (Å²) in [7, 11) is 3.69. The molecule has 0 aliphatic heterocycles. The van der Waals surface area contributed by atoms with E-state index < -0.39 is 23.8 Å². The van der Waals surface area contributed by atoms with E-state index >= 15 is 0 Å². The van der Waals surface area contributed by atoms with Crippen molar-refractivity contribution in [3.8, 4) is 0 Å². The molecule has 8 heteroatoms. The van der Waals surface area contributed by atoms with Crippen molar-refractivity contribution in [3.63, 3.8) is 0 Å². The van der Waals surface area contributed by atoms with Gasteiger partial charge in [0.1, 0.15) is 17.5 Å². The van der Waals surface area contributed by atoms with Crippen molar-refractivity contribution < 1.29 is 18.7 Å². The van der Waals surface area contributed by atoms with Crippen LogP contribution in [0.15, 0.2) is 36.5 Å². The molecular weight excluding hydrogens is 318 g/mol. The Morgan fingerprint density at radius 2 is 2.04 bits per heavy atom. The van der Waals surface area contributed by atoms with Crippen LogP contribution in [-0.2, 0) is 0 Å². The highest BCUT2D eigenvalue weighted by atomic mass is 19.1. The molecule has 24 heavy (non-hydrogen) atoms. The zero-order valence-electron chi connectivity index (χ0n) is 13.3. The number of benzene rings is 1. The van der Waals surface area contributed by atoms with Gasteiger partial charge in [0, 0.05) is 32.3 Å². The monoisotopic (exact) mass is 336 g/mol. The number of rotatable bonds is 5. The number of urea groups is 1. The second kappa shape index (κ2) is 7.69. The lowest BCUT2D eigenvalue weighted by atomic mass is 10.1. The maximum absolute atomic E-state index is 13.5. The summed E-state index contributed by atoms with van der Waals surface area (Å²) in [6.07, 6.45) is 0.205. The van der Waals surface area contributed by atoms with E-state index in [0.717, 1.165) is 18.0 Å². The Morgan fingerprint density at radius 3 is 2.62 bits per heavy atom. The predicted octanol–water partition coefficient (Wildman–Crippen LogP) is 2.28. The standard InChI is InChI=1S/C16H18F2N4O2/c1-22(2)15-6-4-11(8-19-15)21-16(24)20-9-14(23)12-5-3-10(17)7-13(12)18/h3-8,14,23H,9H2,1-2H3,(H2,20,21,24)/t14-/m0/s1. The van der Waals surface area contributed by atoms with Crippen LogP contribution in [0.4, 0.5) is 25.1 Å². The van der Waals surface area contributed by atoms with Crippen LogP contribution < -0.4 is 15.5 Å². The lowest BCUT2D eigenvalue weighted by molar-refractivity contribution is 0.170. The number of aromatic nitrogens is 1. The molecule has 0 bridgehead atoms. The SMILES string of the molecule is CN(C)c1ccc(NC(=O)NC[C@H](O)c2ccc(F)cc2F)cn1. The van der Waals surface area contributed by atoms with Gasteiger partial charge in [0.25, 0.3) is 0 Å². The van der Waals surface area contributed by atoms with Crippen molar-refractivity contribution in [1.82, 2.24) is 10.3 Å². The number of nitrogens with zero attached hydrogens (tertiary/aromatic N) is 2. The number of amides is 2. The zero-order chi connectivity index (χ0) is 17.7. The number of hydrogen-bond donors (Lipinski definition) is 3. The molecule has 3 N–H and O–H groups in total. The summed E-state index contributed by atoms with van der Waals surface area (Å²) in [4.78, 5) is 17.7. The lowest BCUT2D eigenvalue weighted by Crippen LogP contribution is -2.32. The highest BCUT2D eigenvalue weighted by Gasteiger charge is 2.14. The van der Waals surface area contributed by atoms with Crippen LogP contribution in [0.1, 0.15) is 11.7 Å². The van der Waals surface area contributed by atoms with E-state index in [9.17, 15) is 18.7 Å². The smallest absolute Gasteiger partial charge is 0.319 e. The van der Waals surface area contributed by atoms with Crippen LogP contribution in [-0.4, -0.2) is 36.8 Å². The van der Waals surface area contributed by atoms with E-state index in [1.165, 1.54) is 6.20 Å². The number of hydrogen-bond acceptors (Lipinski definition) is 4. The van der Waals surface area contributed by atoms with E-state index in [-0.39, 0.29) is 12.1 Å². The Hall–Kier alpha value is -2.74. The molecule has 1 aromatic carbocycles. The van der Waals surface area contributed by atoms with E-state index in [2.05, 4.69) is 15.6 Å². The average molecular weight is 336 g/mol. The summed E-state index contributed by atoms with van der Waals surface area (Å²) in [5, 5.41) is 14.8. The molecule has 0 spiro atoms. The van der Waals surface area contributed by atoms with E-state index in [4.69, 9.17) is 0 Å². The highest BCUT2D eigenvalue weighted by Crippen LogP contribution is 2.17. The second-order valence-electron chi connectivity index (χ2n) is 5.32. The average Bonchev–Trinajstić information content (AvgIpc) is 2.53. The summed E-state index contributed by atoms with van der Waals surface area (Å²) >= 11 is 0. The van der Waals surface area contributed by atoms with Crippen molar-refractivity contribution in [3.05, 3.63) is 53.7 Å². The first-order valence-electron chi connectivity index (χ1n) is 7.18. The molecule has 0 aliphatic rings. The Bertz CT molecular complexity index is 708. The molecule has 0 fully saturated rings. The number of halogens is 2. The quantitative estimate of drug-likeness (QED) is 0.783. The maximum Gasteiger partial charge on any atom is 0.319 e. The normalized spacial score (nSPS) is 11.7. The van der Waals surface area contributed by atoms with Crippen molar-refractivity contribution in [1.29, 1.82) is 0 Å². The molecule has 128 valence electrons. The van der Waals surface area contributed by atoms with E-state index in [0.29, 0.717) is 11.8 Å². The van der Waals surface area contributed by atoms with Gasteiger partial charge >= 0.3 is 6.03 Å². The number of carbonyl (C=O) groups is 1. The number of aliphatic hydroxyl groups is 1. The van der Waals surface area contributed by atoms with Crippen LogP contribution in [0.5, 0.6) is 0 Å². The molecule has 0 saturated carbocycles. The van der Waals surface area contributed by atoms with Crippen LogP contribution in [0.25, 0.3) is 0 Å². The zero-order valence-corrected chi connectivity index (χ0v) is 13.3. The third-order valence-electron chi connectivity index (χ3n) is 3.24. The van der Waals surface area contributed by atoms with Gasteiger partial charge in [0.05, 0.1) is 18.0 Å². The number of carbonyl (C=O) groups excluding carboxylic acids is 1.